The van der Waals surface area contributed by atoms with Crippen molar-refractivity contribution in [3.63, 3.8) is 0 Å². The van der Waals surface area contributed by atoms with E-state index < -0.39 is 0 Å². The van der Waals surface area contributed by atoms with Gasteiger partial charge in [-0.3, -0.25) is 4.57 Å². The van der Waals surface area contributed by atoms with Crippen LogP contribution in [0.1, 0.15) is 91.6 Å². The monoisotopic (exact) mass is 738 g/mol. The van der Waals surface area contributed by atoms with Gasteiger partial charge >= 0.3 is 0 Å². The second kappa shape index (κ2) is 12.5. The minimum absolute atomic E-state index is 0.0412. The normalized spacial score (nSPS) is 22.2. The lowest BCUT2D eigenvalue weighted by Gasteiger charge is -2.29. The van der Waals surface area contributed by atoms with Crippen molar-refractivity contribution in [2.75, 3.05) is 0 Å². The van der Waals surface area contributed by atoms with Crippen molar-refractivity contribution in [1.29, 1.82) is 0 Å². The summed E-state index contributed by atoms with van der Waals surface area (Å²) in [5, 5.41) is 4.87. The summed E-state index contributed by atoms with van der Waals surface area (Å²) in [7, 11) is 0. The lowest BCUT2D eigenvalue weighted by atomic mass is 9.74. The Balaban J connectivity index is 0.988. The Morgan fingerprint density at radius 2 is 1.40 bits per heavy atom. The molecule has 12 rings (SSSR count). The van der Waals surface area contributed by atoms with Gasteiger partial charge in [0.25, 0.3) is 0 Å². The number of nitrogens with zero attached hydrogens (tertiary/aromatic N) is 4. The first-order chi connectivity index (χ1) is 28.0. The number of rotatable bonds is 4. The van der Waals surface area contributed by atoms with Crippen LogP contribution in [0.4, 0.5) is 0 Å². The van der Waals surface area contributed by atoms with E-state index in [-0.39, 0.29) is 5.41 Å². The fourth-order valence-electron chi connectivity index (χ4n) is 11.3. The number of aromatic nitrogens is 4. The van der Waals surface area contributed by atoms with E-state index in [2.05, 4.69) is 163 Å². The molecule has 0 saturated heterocycles. The highest BCUT2D eigenvalue weighted by Gasteiger charge is 2.44. The molecular weight excluding hydrogens is 693 g/mol. The molecule has 6 aromatic rings. The lowest BCUT2D eigenvalue weighted by Crippen LogP contribution is -2.35. The minimum atomic E-state index is 0.0412. The summed E-state index contributed by atoms with van der Waals surface area (Å²) in [5.41, 5.74) is 16.2. The van der Waals surface area contributed by atoms with E-state index in [9.17, 15) is 0 Å². The molecule has 3 unspecified atom stereocenters. The average Bonchev–Trinajstić information content (AvgIpc) is 3.86. The van der Waals surface area contributed by atoms with Crippen LogP contribution in [0.25, 0.3) is 63.3 Å². The van der Waals surface area contributed by atoms with Crippen LogP contribution in [0.15, 0.2) is 126 Å². The van der Waals surface area contributed by atoms with Crippen molar-refractivity contribution in [2.24, 2.45) is 5.92 Å². The molecule has 0 aliphatic heterocycles. The van der Waals surface area contributed by atoms with E-state index in [1.165, 1.54) is 77.4 Å². The van der Waals surface area contributed by atoms with Gasteiger partial charge in [0.2, 0.25) is 5.95 Å². The van der Waals surface area contributed by atoms with E-state index in [0.717, 1.165) is 61.9 Å². The van der Waals surface area contributed by atoms with Crippen molar-refractivity contribution in [3.05, 3.63) is 171 Å². The summed E-state index contributed by atoms with van der Waals surface area (Å²) in [6.45, 7) is 4.83. The van der Waals surface area contributed by atoms with Crippen LogP contribution in [0.2, 0.25) is 0 Å². The average molecular weight is 739 g/mol. The van der Waals surface area contributed by atoms with Crippen LogP contribution in [-0.4, -0.2) is 19.1 Å². The fraction of sp³-hybridized carbons (Fsp3) is 0.245. The van der Waals surface area contributed by atoms with Crippen molar-refractivity contribution >= 4 is 46.1 Å². The Labute approximate surface area is 334 Å². The summed E-state index contributed by atoms with van der Waals surface area (Å²) in [6.07, 6.45) is 35.1. The van der Waals surface area contributed by atoms with Gasteiger partial charge in [-0.15, -0.1) is 0 Å². The zero-order chi connectivity index (χ0) is 37.8. The highest BCUT2D eigenvalue weighted by molar-refractivity contribution is 5.96. The van der Waals surface area contributed by atoms with Crippen LogP contribution in [0.5, 0.6) is 0 Å². The molecule has 278 valence electrons. The lowest BCUT2D eigenvalue weighted by molar-refractivity contribution is 0.394. The van der Waals surface area contributed by atoms with Gasteiger partial charge in [0.1, 0.15) is 0 Å². The topological polar surface area (TPSA) is 35.6 Å². The molecule has 6 aliphatic carbocycles. The zero-order valence-electron chi connectivity index (χ0n) is 32.7. The summed E-state index contributed by atoms with van der Waals surface area (Å²) in [6, 6.07) is 25.4. The molecule has 3 heterocycles. The van der Waals surface area contributed by atoms with Crippen molar-refractivity contribution in [2.45, 2.75) is 76.2 Å². The summed E-state index contributed by atoms with van der Waals surface area (Å²) >= 11 is 0. The Bertz CT molecular complexity index is 3040. The van der Waals surface area contributed by atoms with Crippen molar-refractivity contribution < 1.29 is 0 Å². The summed E-state index contributed by atoms with van der Waals surface area (Å²) in [5.74, 6) is 1.69. The Morgan fingerprint density at radius 1 is 0.684 bits per heavy atom. The number of para-hydroxylation sites is 2. The summed E-state index contributed by atoms with van der Waals surface area (Å²) < 4.78 is 5.00. The smallest absolute Gasteiger partial charge is 0.235 e. The molecular formula is C53H46N4. The van der Waals surface area contributed by atoms with Gasteiger partial charge in [0.15, 0.2) is 0 Å². The number of hydrogen-bond donors (Lipinski definition) is 0. The molecule has 0 spiro atoms. The molecule has 0 N–H and O–H groups in total. The van der Waals surface area contributed by atoms with E-state index in [4.69, 9.17) is 9.97 Å². The predicted molar refractivity (Wildman–Crippen MR) is 236 cm³/mol. The SMILES string of the molecule is CC1(C)c2cc(-c3nc(-n4c5c(c6ccccc64)C=C(C4=Cc6c(n(C7C=CC=CC7)c7ccccc67)CC4)CC5)nc4c3=CCCC=4)ccc2C2C=CC=CC21. The first-order valence-electron chi connectivity index (χ1n) is 21.1. The molecule has 3 aromatic heterocycles. The Morgan fingerprint density at radius 3 is 2.23 bits per heavy atom. The second-order valence-electron chi connectivity index (χ2n) is 17.4. The minimum Gasteiger partial charge on any atom is -0.337 e. The van der Waals surface area contributed by atoms with E-state index >= 15 is 0 Å². The number of fused-ring (bicyclic) bond motifs is 10. The van der Waals surface area contributed by atoms with E-state index in [1.54, 1.807) is 0 Å². The number of benzene rings is 3. The molecule has 0 amide bonds. The highest BCUT2D eigenvalue weighted by Crippen LogP contribution is 2.53. The maximum absolute atomic E-state index is 5.55. The zero-order valence-corrected chi connectivity index (χ0v) is 32.7. The van der Waals surface area contributed by atoms with Crippen molar-refractivity contribution in [3.8, 4) is 17.2 Å². The Kier molecular flexibility index (Phi) is 7.27. The molecule has 3 atom stereocenters. The van der Waals surface area contributed by atoms with Gasteiger partial charge in [0.05, 0.1) is 22.6 Å². The third kappa shape index (κ3) is 4.92. The van der Waals surface area contributed by atoms with Crippen LogP contribution < -0.4 is 10.6 Å². The van der Waals surface area contributed by atoms with Gasteiger partial charge in [-0.25, -0.2) is 9.97 Å². The molecule has 0 saturated carbocycles. The standard InChI is InChI=1S/C53H46N4/c1-53(2)44-20-10-6-16-37(44)38-27-24-35(32-45(38)53)51-41-19-7-11-21-46(41)54-52(55-51)57-48-23-13-9-18-40(48)43-31-34(26-29-50(43)57)33-25-28-49-42(30-33)39-17-8-12-22-47(39)56(49)36-14-4-3-5-15-36/h3-6,8-10,12-14,16-24,27,30-32,36-37,44H,7,11,15,25-26,28-29H2,1-2H3. The van der Waals surface area contributed by atoms with Gasteiger partial charge in [0, 0.05) is 55.5 Å². The Hall–Kier alpha value is -6.00. The highest BCUT2D eigenvalue weighted by atomic mass is 15.2. The molecule has 4 nitrogen and oxygen atoms in total. The van der Waals surface area contributed by atoms with Gasteiger partial charge in [-0.05, 0) is 109 Å². The van der Waals surface area contributed by atoms with Crippen LogP contribution in [0, 0.1) is 5.92 Å². The summed E-state index contributed by atoms with van der Waals surface area (Å²) in [4.78, 5) is 10.9. The molecule has 6 aliphatic rings. The predicted octanol–water partition coefficient (Wildman–Crippen LogP) is 10.9. The van der Waals surface area contributed by atoms with Gasteiger partial charge in [-0.1, -0.05) is 123 Å². The second-order valence-corrected chi connectivity index (χ2v) is 17.4. The van der Waals surface area contributed by atoms with Gasteiger partial charge in [-0.2, -0.15) is 0 Å². The first kappa shape index (κ1) is 33.2. The molecule has 57 heavy (non-hydrogen) atoms. The third-order valence-corrected chi connectivity index (χ3v) is 14.0. The van der Waals surface area contributed by atoms with E-state index in [0.29, 0.717) is 17.9 Å². The maximum Gasteiger partial charge on any atom is 0.235 e. The van der Waals surface area contributed by atoms with Crippen LogP contribution in [-0.2, 0) is 18.3 Å². The fourth-order valence-corrected chi connectivity index (χ4v) is 11.3. The molecule has 4 heteroatoms. The van der Waals surface area contributed by atoms with Crippen molar-refractivity contribution in [1.82, 2.24) is 19.1 Å². The van der Waals surface area contributed by atoms with Crippen LogP contribution in [0.3, 0.4) is 0 Å². The number of allylic oxidation sites excluding steroid dienone is 10. The molecule has 0 fully saturated rings. The molecule has 0 radical (unpaired) electrons. The van der Waals surface area contributed by atoms with E-state index in [1.807, 2.05) is 0 Å². The first-order valence-corrected chi connectivity index (χ1v) is 21.1. The van der Waals surface area contributed by atoms with Gasteiger partial charge < -0.3 is 4.57 Å². The quantitative estimate of drug-likeness (QED) is 0.181. The molecule has 3 aromatic carbocycles. The molecule has 0 bridgehead atoms. The number of hydrogen-bond acceptors (Lipinski definition) is 2. The largest absolute Gasteiger partial charge is 0.337 e. The maximum atomic E-state index is 5.55. The van der Waals surface area contributed by atoms with Crippen LogP contribution >= 0.6 is 0 Å². The third-order valence-electron chi connectivity index (χ3n) is 14.0.